The Labute approximate surface area is 156 Å². The van der Waals surface area contributed by atoms with Crippen LogP contribution in [0.4, 0.5) is 5.95 Å². The highest BCUT2D eigenvalue weighted by atomic mass is 16.1. The number of anilines is 1. The quantitative estimate of drug-likeness (QED) is 0.719. The Morgan fingerprint density at radius 3 is 2.54 bits per heavy atom. The van der Waals surface area contributed by atoms with Gasteiger partial charge >= 0.3 is 0 Å². The number of ketones is 1. The van der Waals surface area contributed by atoms with Crippen LogP contribution >= 0.6 is 0 Å². The highest BCUT2D eigenvalue weighted by molar-refractivity contribution is 5.75. The predicted octanol–water partition coefficient (Wildman–Crippen LogP) is 1.41. The predicted molar refractivity (Wildman–Crippen MR) is 103 cm³/mol. The highest BCUT2D eigenvalue weighted by Gasteiger charge is 2.39. The lowest BCUT2D eigenvalue weighted by atomic mass is 10.2. The van der Waals surface area contributed by atoms with Gasteiger partial charge in [-0.25, -0.2) is 9.97 Å². The number of Topliss-reactive ketones (excluding diaryl/α,β-unsaturated/α-hetero) is 1. The van der Waals surface area contributed by atoms with Gasteiger partial charge in [-0.05, 0) is 46.8 Å². The minimum absolute atomic E-state index is 0.246. The topological polar surface area (TPSA) is 52.6 Å². The standard InChI is InChI=1S/C20H29N5O/c1-16(26)6-4-10-23(2)11-5-7-17-12-21-20(22-13-17)25-18-8-9-19(25)15-24(3)14-18/h12-13,18-19H,4,6,8-11,14-15H2,1-3H3. The number of piperazine rings is 1. The third-order valence-electron chi connectivity index (χ3n) is 5.18. The number of rotatable bonds is 6. The summed E-state index contributed by atoms with van der Waals surface area (Å²) < 4.78 is 0. The molecule has 0 N–H and O–H groups in total. The first-order chi connectivity index (χ1) is 12.5. The van der Waals surface area contributed by atoms with E-state index in [-0.39, 0.29) is 5.78 Å². The maximum atomic E-state index is 11.0. The molecule has 2 bridgehead atoms. The number of carbonyl (C=O) groups excluding carboxylic acids is 1. The second-order valence-corrected chi connectivity index (χ2v) is 7.63. The van der Waals surface area contributed by atoms with Crippen LogP contribution in [0.5, 0.6) is 0 Å². The van der Waals surface area contributed by atoms with E-state index >= 15 is 0 Å². The summed E-state index contributed by atoms with van der Waals surface area (Å²) in [4.78, 5) is 27.1. The van der Waals surface area contributed by atoms with Crippen LogP contribution in [-0.4, -0.2) is 77.9 Å². The smallest absolute Gasteiger partial charge is 0.225 e. The molecule has 3 rings (SSSR count). The fourth-order valence-corrected chi connectivity index (χ4v) is 3.91. The molecule has 2 atom stereocenters. The Morgan fingerprint density at radius 2 is 1.92 bits per heavy atom. The molecule has 0 radical (unpaired) electrons. The Kier molecular flexibility index (Phi) is 6.23. The first kappa shape index (κ1) is 18.8. The van der Waals surface area contributed by atoms with Crippen molar-refractivity contribution in [3.63, 3.8) is 0 Å². The molecule has 2 saturated heterocycles. The fourth-order valence-electron chi connectivity index (χ4n) is 3.91. The zero-order valence-corrected chi connectivity index (χ0v) is 16.1. The van der Waals surface area contributed by atoms with E-state index in [1.165, 1.54) is 12.8 Å². The summed E-state index contributed by atoms with van der Waals surface area (Å²) in [6, 6.07) is 1.08. The van der Waals surface area contributed by atoms with E-state index in [0.29, 0.717) is 25.0 Å². The Bertz CT molecular complexity index is 664. The van der Waals surface area contributed by atoms with Gasteiger partial charge in [0.05, 0.1) is 12.1 Å². The first-order valence-corrected chi connectivity index (χ1v) is 9.48. The van der Waals surface area contributed by atoms with Crippen molar-refractivity contribution < 1.29 is 4.79 Å². The van der Waals surface area contributed by atoms with Gasteiger partial charge in [-0.15, -0.1) is 0 Å². The average molecular weight is 355 g/mol. The zero-order chi connectivity index (χ0) is 18.5. The molecule has 2 aliphatic heterocycles. The fraction of sp³-hybridized carbons (Fsp3) is 0.650. The molecule has 0 aromatic carbocycles. The molecular formula is C20H29N5O. The van der Waals surface area contributed by atoms with E-state index < -0.39 is 0 Å². The molecule has 0 aliphatic carbocycles. The molecule has 26 heavy (non-hydrogen) atoms. The average Bonchev–Trinajstić information content (AvgIpc) is 2.87. The van der Waals surface area contributed by atoms with Crippen LogP contribution in [0.1, 0.15) is 38.2 Å². The molecule has 2 fully saturated rings. The van der Waals surface area contributed by atoms with Gasteiger partial charge in [0.1, 0.15) is 5.78 Å². The Balaban J connectivity index is 1.52. The van der Waals surface area contributed by atoms with Gasteiger partial charge in [-0.2, -0.15) is 0 Å². The molecule has 1 aromatic heterocycles. The monoisotopic (exact) mass is 355 g/mol. The number of nitrogens with zero attached hydrogens (tertiary/aromatic N) is 5. The summed E-state index contributed by atoms with van der Waals surface area (Å²) in [5.41, 5.74) is 0.854. The summed E-state index contributed by atoms with van der Waals surface area (Å²) in [5, 5.41) is 0. The number of carbonyl (C=O) groups is 1. The van der Waals surface area contributed by atoms with Crippen LogP contribution in [0.2, 0.25) is 0 Å². The van der Waals surface area contributed by atoms with Crippen LogP contribution in [0.15, 0.2) is 12.4 Å². The largest absolute Gasteiger partial charge is 0.332 e. The lowest BCUT2D eigenvalue weighted by Gasteiger charge is -2.39. The number of fused-ring (bicyclic) bond motifs is 2. The molecule has 6 nitrogen and oxygen atoms in total. The van der Waals surface area contributed by atoms with Gasteiger partial charge in [0, 0.05) is 44.0 Å². The molecule has 0 spiro atoms. The third-order valence-corrected chi connectivity index (χ3v) is 5.18. The van der Waals surface area contributed by atoms with Crippen molar-refractivity contribution in [3.05, 3.63) is 18.0 Å². The second kappa shape index (κ2) is 8.61. The molecule has 0 amide bonds. The summed E-state index contributed by atoms with van der Waals surface area (Å²) in [7, 11) is 4.22. The van der Waals surface area contributed by atoms with Crippen molar-refractivity contribution in [2.24, 2.45) is 0 Å². The van der Waals surface area contributed by atoms with E-state index in [1.54, 1.807) is 6.92 Å². The van der Waals surface area contributed by atoms with Crippen molar-refractivity contribution in [2.45, 2.75) is 44.7 Å². The Morgan fingerprint density at radius 1 is 1.27 bits per heavy atom. The SMILES string of the molecule is CC(=O)CCCN(C)CC#Cc1cnc(N2C3CCC2CN(C)C3)nc1. The van der Waals surface area contributed by atoms with Gasteiger partial charge in [0.2, 0.25) is 5.95 Å². The molecule has 0 saturated carbocycles. The minimum Gasteiger partial charge on any atom is -0.332 e. The Hall–Kier alpha value is -1.97. The molecule has 140 valence electrons. The maximum Gasteiger partial charge on any atom is 0.225 e. The lowest BCUT2D eigenvalue weighted by Crippen LogP contribution is -2.53. The first-order valence-electron chi connectivity index (χ1n) is 9.48. The van der Waals surface area contributed by atoms with Crippen molar-refractivity contribution in [1.29, 1.82) is 0 Å². The molecule has 2 aliphatic rings. The van der Waals surface area contributed by atoms with Crippen molar-refractivity contribution >= 4 is 11.7 Å². The summed E-state index contributed by atoms with van der Waals surface area (Å²) in [6.45, 7) is 5.39. The summed E-state index contributed by atoms with van der Waals surface area (Å²) in [6.07, 6.45) is 7.66. The zero-order valence-electron chi connectivity index (χ0n) is 16.1. The van der Waals surface area contributed by atoms with Gasteiger partial charge in [-0.3, -0.25) is 4.90 Å². The normalized spacial score (nSPS) is 22.4. The molecule has 1 aromatic rings. The van der Waals surface area contributed by atoms with Gasteiger partial charge in [0.25, 0.3) is 0 Å². The number of likely N-dealkylation sites (N-methyl/N-ethyl adjacent to an activating group) is 1. The molecule has 2 unspecified atom stereocenters. The van der Waals surface area contributed by atoms with E-state index in [2.05, 4.69) is 43.6 Å². The maximum absolute atomic E-state index is 11.0. The third kappa shape index (κ3) is 4.80. The van der Waals surface area contributed by atoms with Gasteiger partial charge < -0.3 is 14.6 Å². The lowest BCUT2D eigenvalue weighted by molar-refractivity contribution is -0.117. The van der Waals surface area contributed by atoms with Crippen molar-refractivity contribution in [1.82, 2.24) is 19.8 Å². The second-order valence-electron chi connectivity index (χ2n) is 7.63. The van der Waals surface area contributed by atoms with Crippen molar-refractivity contribution in [2.75, 3.05) is 45.2 Å². The van der Waals surface area contributed by atoms with Gasteiger partial charge in [0.15, 0.2) is 0 Å². The number of hydrogen-bond donors (Lipinski definition) is 0. The molecule has 3 heterocycles. The van der Waals surface area contributed by atoms with Gasteiger partial charge in [-0.1, -0.05) is 11.8 Å². The number of hydrogen-bond acceptors (Lipinski definition) is 6. The van der Waals surface area contributed by atoms with E-state index in [9.17, 15) is 4.79 Å². The molecule has 6 heteroatoms. The summed E-state index contributed by atoms with van der Waals surface area (Å²) >= 11 is 0. The number of likely N-dealkylation sites (tertiary alicyclic amines) is 1. The minimum atomic E-state index is 0.246. The van der Waals surface area contributed by atoms with Crippen molar-refractivity contribution in [3.8, 4) is 11.8 Å². The van der Waals surface area contributed by atoms with Crippen LogP contribution in [-0.2, 0) is 4.79 Å². The van der Waals surface area contributed by atoms with Crippen LogP contribution in [0, 0.1) is 11.8 Å². The van der Waals surface area contributed by atoms with E-state index in [4.69, 9.17) is 0 Å². The summed E-state index contributed by atoms with van der Waals surface area (Å²) in [5.74, 6) is 7.40. The van der Waals surface area contributed by atoms with Crippen LogP contribution < -0.4 is 4.90 Å². The molecular weight excluding hydrogens is 326 g/mol. The van der Waals surface area contributed by atoms with E-state index in [0.717, 1.165) is 37.6 Å². The number of aromatic nitrogens is 2. The van der Waals surface area contributed by atoms with E-state index in [1.807, 2.05) is 19.4 Å². The van der Waals surface area contributed by atoms with Crippen LogP contribution in [0.25, 0.3) is 0 Å². The highest BCUT2D eigenvalue weighted by Crippen LogP contribution is 2.32. The van der Waals surface area contributed by atoms with Crippen LogP contribution in [0.3, 0.4) is 0 Å².